The molecule has 0 aromatic rings. The molecule has 0 spiro atoms. The third-order valence-electron chi connectivity index (χ3n) is 1.17. The summed E-state index contributed by atoms with van der Waals surface area (Å²) in [5, 5.41) is 8.38. The fraction of sp³-hybridized carbons (Fsp3) is 1.00. The van der Waals surface area contributed by atoms with Crippen LogP contribution < -0.4 is 0 Å². The predicted octanol–water partition coefficient (Wildman–Crippen LogP) is 0.183. The first-order valence-corrected chi connectivity index (χ1v) is 4.91. The first kappa shape index (κ1) is 10.1. The maximum Gasteiger partial charge on any atom is 0.325 e. The Kier molecular flexibility index (Phi) is 4.13. The predicted molar refractivity (Wildman–Crippen MR) is 37.8 cm³/mol. The third kappa shape index (κ3) is 6.23. The molecule has 0 rings (SSSR count). The molecule has 0 fully saturated rings. The fourth-order valence-electron chi connectivity index (χ4n) is 0.718. The van der Waals surface area contributed by atoms with Crippen molar-refractivity contribution in [3.63, 3.8) is 0 Å². The normalized spacial score (nSPS) is 15.2. The van der Waals surface area contributed by atoms with Gasteiger partial charge in [-0.1, -0.05) is 6.92 Å². The summed E-state index contributed by atoms with van der Waals surface area (Å²) < 4.78 is 10.3. The molecule has 0 aromatic heterocycles. The largest absolute Gasteiger partial charge is 0.396 e. The Bertz CT molecular complexity index is 130. The van der Waals surface area contributed by atoms with Gasteiger partial charge < -0.3 is 14.9 Å². The molecule has 0 aliphatic heterocycles. The molecule has 0 aliphatic rings. The molecule has 1 atom stereocenters. The smallest absolute Gasteiger partial charge is 0.325 e. The first-order chi connectivity index (χ1) is 4.45. The van der Waals surface area contributed by atoms with E-state index in [4.69, 9.17) is 14.9 Å². The summed E-state index contributed by atoms with van der Waals surface area (Å²) in [7, 11) is -3.86. The zero-order valence-corrected chi connectivity index (χ0v) is 6.79. The van der Waals surface area contributed by atoms with E-state index in [2.05, 4.69) is 0 Å². The van der Waals surface area contributed by atoms with E-state index in [1.165, 1.54) is 0 Å². The Morgan fingerprint density at radius 1 is 1.50 bits per heavy atom. The minimum absolute atomic E-state index is 0.0127. The lowest BCUT2D eigenvalue weighted by molar-refractivity contribution is 0.264. The van der Waals surface area contributed by atoms with Crippen LogP contribution in [-0.2, 0) is 4.57 Å². The van der Waals surface area contributed by atoms with Gasteiger partial charge in [-0.2, -0.15) is 0 Å². The van der Waals surface area contributed by atoms with Crippen molar-refractivity contribution in [2.24, 2.45) is 5.92 Å². The number of hydrogen-bond donors (Lipinski definition) is 3. The van der Waals surface area contributed by atoms with Crippen molar-refractivity contribution in [3.05, 3.63) is 0 Å². The van der Waals surface area contributed by atoms with Crippen molar-refractivity contribution in [3.8, 4) is 0 Å². The summed E-state index contributed by atoms with van der Waals surface area (Å²) >= 11 is 0. The lowest BCUT2D eigenvalue weighted by Gasteiger charge is -2.09. The first-order valence-electron chi connectivity index (χ1n) is 3.11. The van der Waals surface area contributed by atoms with Gasteiger partial charge in [0.1, 0.15) is 0 Å². The van der Waals surface area contributed by atoms with E-state index in [1.807, 2.05) is 0 Å². The van der Waals surface area contributed by atoms with E-state index in [1.54, 1.807) is 6.92 Å². The molecular weight excluding hydrogens is 155 g/mol. The Labute approximate surface area is 60.0 Å². The molecule has 1 unspecified atom stereocenters. The fourth-order valence-corrected chi connectivity index (χ4v) is 1.71. The molecule has 0 bridgehead atoms. The minimum atomic E-state index is -3.86. The van der Waals surface area contributed by atoms with E-state index in [0.717, 1.165) is 0 Å². The van der Waals surface area contributed by atoms with Crippen molar-refractivity contribution in [1.29, 1.82) is 0 Å². The second-order valence-corrected chi connectivity index (χ2v) is 4.16. The summed E-state index contributed by atoms with van der Waals surface area (Å²) in [5.74, 6) is -0.106. The molecule has 0 radical (unpaired) electrons. The quantitative estimate of drug-likeness (QED) is 0.523. The van der Waals surface area contributed by atoms with E-state index in [9.17, 15) is 4.57 Å². The maximum absolute atomic E-state index is 10.3. The lowest BCUT2D eigenvalue weighted by atomic mass is 10.1. The number of aliphatic hydroxyl groups is 1. The second-order valence-electron chi connectivity index (χ2n) is 2.46. The molecule has 0 aliphatic carbocycles. The number of rotatable bonds is 4. The van der Waals surface area contributed by atoms with Crippen molar-refractivity contribution >= 4 is 7.60 Å². The molecule has 0 heterocycles. The van der Waals surface area contributed by atoms with Crippen LogP contribution in [0.25, 0.3) is 0 Å². The molecule has 3 N–H and O–H groups in total. The van der Waals surface area contributed by atoms with Crippen LogP contribution in [0.2, 0.25) is 0 Å². The van der Waals surface area contributed by atoms with Crippen LogP contribution in [0.15, 0.2) is 0 Å². The maximum atomic E-state index is 10.3. The summed E-state index contributed by atoms with van der Waals surface area (Å²) in [6, 6.07) is 0. The summed E-state index contributed by atoms with van der Waals surface area (Å²) in [5.41, 5.74) is 0. The second kappa shape index (κ2) is 4.09. The summed E-state index contributed by atoms with van der Waals surface area (Å²) in [4.78, 5) is 16.9. The topological polar surface area (TPSA) is 77.8 Å². The Morgan fingerprint density at radius 2 is 2.00 bits per heavy atom. The van der Waals surface area contributed by atoms with Gasteiger partial charge in [-0.15, -0.1) is 0 Å². The Hall–Kier alpha value is 0.110. The molecular formula is C5H13O4P. The van der Waals surface area contributed by atoms with Gasteiger partial charge in [0.2, 0.25) is 0 Å². The molecule has 0 amide bonds. The zero-order valence-electron chi connectivity index (χ0n) is 5.90. The third-order valence-corrected chi connectivity index (χ3v) is 2.27. The number of hydrogen-bond acceptors (Lipinski definition) is 2. The van der Waals surface area contributed by atoms with Crippen molar-refractivity contribution in [2.75, 3.05) is 12.8 Å². The minimum Gasteiger partial charge on any atom is -0.396 e. The van der Waals surface area contributed by atoms with Crippen LogP contribution in [0.1, 0.15) is 13.3 Å². The van der Waals surface area contributed by atoms with Crippen molar-refractivity contribution in [2.45, 2.75) is 13.3 Å². The number of aliphatic hydroxyl groups excluding tert-OH is 1. The van der Waals surface area contributed by atoms with Crippen LogP contribution in [-0.4, -0.2) is 27.7 Å². The SMILES string of the molecule is CC(CCO)CP(=O)(O)O. The van der Waals surface area contributed by atoms with Crippen molar-refractivity contribution < 1.29 is 19.5 Å². The highest BCUT2D eigenvalue weighted by molar-refractivity contribution is 7.51. The van der Waals surface area contributed by atoms with Crippen LogP contribution >= 0.6 is 7.60 Å². The molecule has 0 aromatic carbocycles. The van der Waals surface area contributed by atoms with Gasteiger partial charge in [0.25, 0.3) is 0 Å². The summed E-state index contributed by atoms with van der Waals surface area (Å²) in [6.45, 7) is 1.69. The summed E-state index contributed by atoms with van der Waals surface area (Å²) in [6.07, 6.45) is 0.318. The van der Waals surface area contributed by atoms with Crippen LogP contribution in [0, 0.1) is 5.92 Å². The van der Waals surface area contributed by atoms with E-state index in [0.29, 0.717) is 6.42 Å². The van der Waals surface area contributed by atoms with Gasteiger partial charge in [0.15, 0.2) is 0 Å². The average Bonchev–Trinajstić information content (AvgIpc) is 1.59. The Balaban J connectivity index is 3.58. The molecule has 10 heavy (non-hydrogen) atoms. The van der Waals surface area contributed by atoms with E-state index >= 15 is 0 Å². The van der Waals surface area contributed by atoms with Crippen LogP contribution in [0.3, 0.4) is 0 Å². The van der Waals surface area contributed by atoms with Crippen LogP contribution in [0.5, 0.6) is 0 Å². The highest BCUT2D eigenvalue weighted by atomic mass is 31.2. The van der Waals surface area contributed by atoms with E-state index < -0.39 is 7.60 Å². The molecule has 62 valence electrons. The van der Waals surface area contributed by atoms with Gasteiger partial charge in [-0.05, 0) is 12.3 Å². The highest BCUT2D eigenvalue weighted by Gasteiger charge is 2.16. The lowest BCUT2D eigenvalue weighted by Crippen LogP contribution is -2.04. The van der Waals surface area contributed by atoms with Gasteiger partial charge in [-0.25, -0.2) is 0 Å². The highest BCUT2D eigenvalue weighted by Crippen LogP contribution is 2.37. The van der Waals surface area contributed by atoms with Gasteiger partial charge in [0, 0.05) is 6.61 Å². The van der Waals surface area contributed by atoms with E-state index in [-0.39, 0.29) is 18.7 Å². The van der Waals surface area contributed by atoms with Gasteiger partial charge >= 0.3 is 7.60 Å². The van der Waals surface area contributed by atoms with Crippen LogP contribution in [0.4, 0.5) is 0 Å². The molecule has 0 saturated heterocycles. The standard InChI is InChI=1S/C5H13O4P/c1-5(2-3-6)4-10(7,8)9/h5-6H,2-4H2,1H3,(H2,7,8,9). The molecule has 5 heteroatoms. The molecule has 4 nitrogen and oxygen atoms in total. The van der Waals surface area contributed by atoms with Gasteiger partial charge in [-0.3, -0.25) is 4.57 Å². The zero-order chi connectivity index (χ0) is 8.20. The Morgan fingerprint density at radius 3 is 2.30 bits per heavy atom. The average molecular weight is 168 g/mol. The van der Waals surface area contributed by atoms with Gasteiger partial charge in [0.05, 0.1) is 6.16 Å². The molecule has 0 saturated carbocycles. The van der Waals surface area contributed by atoms with Crippen molar-refractivity contribution in [1.82, 2.24) is 0 Å². The monoisotopic (exact) mass is 168 g/mol.